The molecule has 1 amide bonds. The van der Waals surface area contributed by atoms with Gasteiger partial charge in [0.2, 0.25) is 0 Å². The van der Waals surface area contributed by atoms with E-state index in [0.717, 1.165) is 0 Å². The predicted octanol–water partition coefficient (Wildman–Crippen LogP) is 0.983. The third kappa shape index (κ3) is 4.52. The second kappa shape index (κ2) is 5.56. The average Bonchev–Trinajstić information content (AvgIpc) is 2.54. The fraction of sp³-hybridized carbons (Fsp3) is 0.833. The maximum absolute atomic E-state index is 11.8. The highest BCUT2D eigenvalue weighted by atomic mass is 16.6. The van der Waals surface area contributed by atoms with Crippen LogP contribution in [0.2, 0.25) is 0 Å². The van der Waals surface area contributed by atoms with Crippen LogP contribution in [0, 0.1) is 11.8 Å². The Morgan fingerprint density at radius 2 is 1.94 bits per heavy atom. The summed E-state index contributed by atoms with van der Waals surface area (Å²) in [7, 11) is 0. The Morgan fingerprint density at radius 1 is 1.33 bits per heavy atom. The predicted molar refractivity (Wildman–Crippen MR) is 64.1 cm³/mol. The molecule has 3 N–H and O–H groups in total. The normalized spacial score (nSPS) is 27.9. The molecule has 0 radical (unpaired) electrons. The molecular formula is C12H21NO5. The molecule has 0 aromatic carbocycles. The van der Waals surface area contributed by atoms with Crippen LogP contribution >= 0.6 is 0 Å². The molecular weight excluding hydrogens is 238 g/mol. The zero-order chi connectivity index (χ0) is 13.9. The zero-order valence-electron chi connectivity index (χ0n) is 11.0. The summed E-state index contributed by atoms with van der Waals surface area (Å²) in [5.74, 6) is -0.891. The minimum absolute atomic E-state index is 0.162. The fourth-order valence-corrected chi connectivity index (χ4v) is 2.12. The van der Waals surface area contributed by atoms with Gasteiger partial charge < -0.3 is 20.3 Å². The standard InChI is InChI=1S/C12H21NO5/c1-12(2,3)18-10(15)7-4-8(9(14)5-7)6-13-11(16)17/h7-9,13-14H,4-6H2,1-3H3,(H,16,17)/t7-,8+,9+/m0/s1. The van der Waals surface area contributed by atoms with Crippen LogP contribution in [0.3, 0.4) is 0 Å². The number of carbonyl (C=O) groups excluding carboxylic acids is 1. The number of ether oxygens (including phenoxy) is 1. The Morgan fingerprint density at radius 3 is 2.44 bits per heavy atom. The minimum Gasteiger partial charge on any atom is -0.465 e. The summed E-state index contributed by atoms with van der Waals surface area (Å²) < 4.78 is 5.26. The van der Waals surface area contributed by atoms with Crippen molar-refractivity contribution in [3.05, 3.63) is 0 Å². The van der Waals surface area contributed by atoms with Gasteiger partial charge in [0.25, 0.3) is 0 Å². The summed E-state index contributed by atoms with van der Waals surface area (Å²) in [6.07, 6.45) is -0.991. The number of carboxylic acid groups (broad SMARTS) is 1. The molecule has 0 bridgehead atoms. The fourth-order valence-electron chi connectivity index (χ4n) is 2.12. The van der Waals surface area contributed by atoms with Crippen molar-refractivity contribution in [3.63, 3.8) is 0 Å². The number of amides is 1. The van der Waals surface area contributed by atoms with Gasteiger partial charge in [0.05, 0.1) is 12.0 Å². The molecule has 1 fully saturated rings. The summed E-state index contributed by atoms with van der Waals surface area (Å²) >= 11 is 0. The van der Waals surface area contributed by atoms with Gasteiger partial charge in [0.1, 0.15) is 5.60 Å². The summed E-state index contributed by atoms with van der Waals surface area (Å²) in [5.41, 5.74) is -0.542. The maximum atomic E-state index is 11.8. The molecule has 6 heteroatoms. The Labute approximate surface area is 106 Å². The van der Waals surface area contributed by atoms with Gasteiger partial charge in [-0.1, -0.05) is 0 Å². The molecule has 1 rings (SSSR count). The Balaban J connectivity index is 2.47. The summed E-state index contributed by atoms with van der Waals surface area (Å²) in [4.78, 5) is 22.2. The van der Waals surface area contributed by atoms with Crippen LogP contribution in [0.15, 0.2) is 0 Å². The lowest BCUT2D eigenvalue weighted by Crippen LogP contribution is -2.31. The molecule has 0 heterocycles. The largest absolute Gasteiger partial charge is 0.465 e. The van der Waals surface area contributed by atoms with Gasteiger partial charge in [-0.2, -0.15) is 0 Å². The lowest BCUT2D eigenvalue weighted by molar-refractivity contribution is -0.160. The van der Waals surface area contributed by atoms with E-state index in [2.05, 4.69) is 5.32 Å². The van der Waals surface area contributed by atoms with Gasteiger partial charge in [-0.15, -0.1) is 0 Å². The lowest BCUT2D eigenvalue weighted by atomic mass is 10.0. The summed E-state index contributed by atoms with van der Waals surface area (Å²) in [5, 5.41) is 20.5. The van der Waals surface area contributed by atoms with E-state index in [-0.39, 0.29) is 24.3 Å². The van der Waals surface area contributed by atoms with Gasteiger partial charge in [-0.3, -0.25) is 4.79 Å². The molecule has 0 spiro atoms. The van der Waals surface area contributed by atoms with Crippen molar-refractivity contribution in [2.24, 2.45) is 11.8 Å². The van der Waals surface area contributed by atoms with E-state index < -0.39 is 17.8 Å². The zero-order valence-corrected chi connectivity index (χ0v) is 11.0. The van der Waals surface area contributed by atoms with Crippen LogP contribution in [0.25, 0.3) is 0 Å². The monoisotopic (exact) mass is 259 g/mol. The second-order valence-corrected chi connectivity index (χ2v) is 5.72. The molecule has 0 aromatic heterocycles. The van der Waals surface area contributed by atoms with E-state index >= 15 is 0 Å². The topological polar surface area (TPSA) is 95.9 Å². The van der Waals surface area contributed by atoms with E-state index in [9.17, 15) is 14.7 Å². The molecule has 1 saturated carbocycles. The number of rotatable bonds is 3. The first-order valence-corrected chi connectivity index (χ1v) is 6.07. The first kappa shape index (κ1) is 14.8. The SMILES string of the molecule is CC(C)(C)OC(=O)[C@H]1C[C@H](CNC(=O)O)[C@H](O)C1. The number of hydrogen-bond acceptors (Lipinski definition) is 4. The third-order valence-corrected chi connectivity index (χ3v) is 2.91. The van der Waals surface area contributed by atoms with Gasteiger partial charge in [-0.05, 0) is 33.6 Å². The highest BCUT2D eigenvalue weighted by Gasteiger charge is 2.38. The van der Waals surface area contributed by atoms with Crippen LogP contribution in [-0.4, -0.2) is 40.5 Å². The van der Waals surface area contributed by atoms with E-state index in [0.29, 0.717) is 12.8 Å². The minimum atomic E-state index is -1.12. The van der Waals surface area contributed by atoms with Crippen LogP contribution in [0.1, 0.15) is 33.6 Å². The van der Waals surface area contributed by atoms with E-state index in [4.69, 9.17) is 9.84 Å². The molecule has 6 nitrogen and oxygen atoms in total. The molecule has 18 heavy (non-hydrogen) atoms. The molecule has 1 aliphatic carbocycles. The number of hydrogen-bond donors (Lipinski definition) is 3. The van der Waals surface area contributed by atoms with Crippen molar-refractivity contribution in [1.82, 2.24) is 5.32 Å². The Bertz CT molecular complexity index is 323. The molecule has 0 aliphatic heterocycles. The third-order valence-electron chi connectivity index (χ3n) is 2.91. The van der Waals surface area contributed by atoms with E-state index in [1.807, 2.05) is 0 Å². The number of carbonyl (C=O) groups is 2. The van der Waals surface area contributed by atoms with Crippen LogP contribution in [0.4, 0.5) is 4.79 Å². The first-order valence-electron chi connectivity index (χ1n) is 6.07. The average molecular weight is 259 g/mol. The molecule has 0 aromatic rings. The highest BCUT2D eigenvalue weighted by Crippen LogP contribution is 2.32. The smallest absolute Gasteiger partial charge is 0.404 e. The molecule has 0 unspecified atom stereocenters. The molecule has 3 atom stereocenters. The van der Waals surface area contributed by atoms with Crippen LogP contribution in [-0.2, 0) is 9.53 Å². The van der Waals surface area contributed by atoms with E-state index in [1.54, 1.807) is 20.8 Å². The summed E-state index contributed by atoms with van der Waals surface area (Å²) in [6.45, 7) is 5.54. The van der Waals surface area contributed by atoms with Crippen molar-refractivity contribution >= 4 is 12.1 Å². The van der Waals surface area contributed by atoms with Crippen LogP contribution in [0.5, 0.6) is 0 Å². The van der Waals surface area contributed by atoms with Crippen molar-refractivity contribution in [2.75, 3.05) is 6.54 Å². The molecule has 1 aliphatic rings. The number of aliphatic hydroxyl groups is 1. The summed E-state index contributed by atoms with van der Waals surface area (Å²) in [6, 6.07) is 0. The van der Waals surface area contributed by atoms with Crippen molar-refractivity contribution in [2.45, 2.75) is 45.3 Å². The maximum Gasteiger partial charge on any atom is 0.404 e. The first-order chi connectivity index (χ1) is 8.19. The van der Waals surface area contributed by atoms with Gasteiger partial charge in [0, 0.05) is 12.5 Å². The Hall–Kier alpha value is -1.30. The molecule has 0 saturated heterocycles. The van der Waals surface area contributed by atoms with Gasteiger partial charge >= 0.3 is 12.1 Å². The van der Waals surface area contributed by atoms with Gasteiger partial charge in [-0.25, -0.2) is 4.79 Å². The highest BCUT2D eigenvalue weighted by molar-refractivity contribution is 5.73. The number of nitrogens with one attached hydrogen (secondary N) is 1. The lowest BCUT2D eigenvalue weighted by Gasteiger charge is -2.22. The van der Waals surface area contributed by atoms with E-state index in [1.165, 1.54) is 0 Å². The van der Waals surface area contributed by atoms with Crippen molar-refractivity contribution < 1.29 is 24.5 Å². The number of aliphatic hydroxyl groups excluding tert-OH is 1. The second-order valence-electron chi connectivity index (χ2n) is 5.72. The number of esters is 1. The van der Waals surface area contributed by atoms with Crippen molar-refractivity contribution in [1.29, 1.82) is 0 Å². The molecule has 104 valence electrons. The van der Waals surface area contributed by atoms with Gasteiger partial charge in [0.15, 0.2) is 0 Å². The quantitative estimate of drug-likeness (QED) is 0.657. The van der Waals surface area contributed by atoms with Crippen LogP contribution < -0.4 is 5.32 Å². The Kier molecular flexibility index (Phi) is 4.56. The van der Waals surface area contributed by atoms with Crippen molar-refractivity contribution in [3.8, 4) is 0 Å².